The van der Waals surface area contributed by atoms with E-state index in [0.717, 1.165) is 16.5 Å². The Kier molecular flexibility index (Phi) is 8.51. The quantitative estimate of drug-likeness (QED) is 0.652. The Hall–Kier alpha value is -0.870. The lowest BCUT2D eigenvalue weighted by atomic mass is 10.4. The number of pyridine rings is 1. The lowest BCUT2D eigenvalue weighted by molar-refractivity contribution is 0.912. The lowest BCUT2D eigenvalue weighted by Crippen LogP contribution is -2.20. The minimum atomic E-state index is 0.425. The molecule has 1 unspecified atom stereocenters. The van der Waals surface area contributed by atoms with Crippen LogP contribution in [0.3, 0.4) is 0 Å². The number of aromatic nitrogens is 1. The third-order valence-electron chi connectivity index (χ3n) is 2.02. The maximum atomic E-state index is 4.28. The summed E-state index contributed by atoms with van der Waals surface area (Å²) in [5.41, 5.74) is 0. The molecule has 1 aromatic rings. The summed E-state index contributed by atoms with van der Waals surface area (Å²) in [7, 11) is 0. The molecule has 0 aliphatic carbocycles. The minimum Gasteiger partial charge on any atom is -0.376 e. The number of hydrogen-bond donors (Lipinski definition) is 1. The van der Waals surface area contributed by atoms with Gasteiger partial charge in [0.2, 0.25) is 0 Å². The highest BCUT2D eigenvalue weighted by atomic mass is 32.2. The molecule has 2 nitrogen and oxygen atoms in total. The van der Waals surface area contributed by atoms with E-state index in [-0.39, 0.29) is 0 Å². The highest BCUT2D eigenvalue weighted by Crippen LogP contribution is 2.18. The zero-order valence-corrected chi connectivity index (χ0v) is 12.5. The van der Waals surface area contributed by atoms with E-state index in [9.17, 15) is 0 Å². The van der Waals surface area contributed by atoms with Crippen molar-refractivity contribution in [3.05, 3.63) is 48.8 Å². The molecule has 18 heavy (non-hydrogen) atoms. The first-order chi connectivity index (χ1) is 8.95. The van der Waals surface area contributed by atoms with Gasteiger partial charge in [0.1, 0.15) is 0 Å². The van der Waals surface area contributed by atoms with Crippen molar-refractivity contribution < 1.29 is 0 Å². The number of rotatable bonds is 5. The summed E-state index contributed by atoms with van der Waals surface area (Å²) in [5.74, 6) is 2.22. The fraction of sp³-hybridized carbons (Fsp3) is 0.357. The Balaban J connectivity index is 0.000000771. The van der Waals surface area contributed by atoms with E-state index in [1.807, 2.05) is 68.0 Å². The van der Waals surface area contributed by atoms with Gasteiger partial charge in [-0.25, -0.2) is 4.98 Å². The van der Waals surface area contributed by atoms with Gasteiger partial charge in [-0.05, 0) is 24.4 Å². The molecule has 98 valence electrons. The van der Waals surface area contributed by atoms with Crippen LogP contribution in [0.4, 0.5) is 0 Å². The molecule has 0 saturated carbocycles. The van der Waals surface area contributed by atoms with Crippen molar-refractivity contribution in [3.63, 3.8) is 0 Å². The van der Waals surface area contributed by atoms with Gasteiger partial charge in [-0.3, -0.25) is 0 Å². The molecule has 0 aromatic carbocycles. The Morgan fingerprint density at radius 2 is 2.11 bits per heavy atom. The fourth-order valence-electron chi connectivity index (χ4n) is 1.28. The van der Waals surface area contributed by atoms with Crippen LogP contribution in [0.1, 0.15) is 13.8 Å². The third kappa shape index (κ3) is 6.17. The number of nitrogens with one attached hydrogen (secondary N) is 1. The van der Waals surface area contributed by atoms with Gasteiger partial charge in [-0.15, -0.1) is 23.5 Å². The first-order valence-corrected chi connectivity index (χ1v) is 8.23. The van der Waals surface area contributed by atoms with Gasteiger partial charge in [0, 0.05) is 17.7 Å². The summed E-state index contributed by atoms with van der Waals surface area (Å²) in [6.45, 7) is 4.00. The van der Waals surface area contributed by atoms with E-state index < -0.39 is 0 Å². The Labute approximate surface area is 118 Å². The standard InChI is InChI=1S/C12H14N2S2.C2H6/c1-3-7-13-11(5-1)15-9-10-16-12-6-2-4-8-14-12;1-2/h1-8,11,13H,9-10H2;1-2H3. The molecule has 0 spiro atoms. The molecule has 1 N–H and O–H groups in total. The molecule has 1 aliphatic heterocycles. The van der Waals surface area contributed by atoms with Crippen LogP contribution in [-0.4, -0.2) is 21.9 Å². The maximum Gasteiger partial charge on any atom is 0.0960 e. The lowest BCUT2D eigenvalue weighted by Gasteiger charge is -2.14. The number of thioether (sulfide) groups is 2. The first kappa shape index (κ1) is 15.2. The Morgan fingerprint density at radius 3 is 2.78 bits per heavy atom. The number of dihydropyridines is 1. The van der Waals surface area contributed by atoms with E-state index in [2.05, 4.69) is 28.5 Å². The van der Waals surface area contributed by atoms with Crippen molar-refractivity contribution in [1.82, 2.24) is 10.3 Å². The second kappa shape index (κ2) is 10.1. The predicted octanol–water partition coefficient (Wildman–Crippen LogP) is 3.93. The number of allylic oxidation sites excluding steroid dienone is 2. The second-order valence-electron chi connectivity index (χ2n) is 3.22. The van der Waals surface area contributed by atoms with Crippen LogP contribution in [0.15, 0.2) is 53.8 Å². The molecule has 1 atom stereocenters. The molecule has 2 rings (SSSR count). The summed E-state index contributed by atoms with van der Waals surface area (Å²) in [6.07, 6.45) is 10.1. The van der Waals surface area contributed by atoms with E-state index in [4.69, 9.17) is 0 Å². The molecule has 2 heterocycles. The minimum absolute atomic E-state index is 0.425. The average molecular weight is 280 g/mol. The average Bonchev–Trinajstić information content (AvgIpc) is 2.48. The number of nitrogens with zero attached hydrogens (tertiary/aromatic N) is 1. The molecule has 4 heteroatoms. The predicted molar refractivity (Wildman–Crippen MR) is 84.0 cm³/mol. The van der Waals surface area contributed by atoms with Crippen LogP contribution in [0, 0.1) is 0 Å². The normalized spacial score (nSPS) is 16.7. The third-order valence-corrected chi connectivity index (χ3v) is 4.32. The molecule has 0 bridgehead atoms. The van der Waals surface area contributed by atoms with Gasteiger partial charge in [0.15, 0.2) is 0 Å². The van der Waals surface area contributed by atoms with Crippen LogP contribution >= 0.6 is 23.5 Å². The topological polar surface area (TPSA) is 24.9 Å². The molecule has 1 aromatic heterocycles. The molecular weight excluding hydrogens is 260 g/mol. The smallest absolute Gasteiger partial charge is 0.0960 e. The van der Waals surface area contributed by atoms with Crippen molar-refractivity contribution in [1.29, 1.82) is 0 Å². The van der Waals surface area contributed by atoms with Gasteiger partial charge in [0.25, 0.3) is 0 Å². The van der Waals surface area contributed by atoms with Crippen molar-refractivity contribution >= 4 is 23.5 Å². The molecule has 0 radical (unpaired) electrons. The van der Waals surface area contributed by atoms with E-state index in [1.54, 1.807) is 0 Å². The van der Waals surface area contributed by atoms with Crippen LogP contribution < -0.4 is 5.32 Å². The van der Waals surface area contributed by atoms with Crippen LogP contribution in [0.25, 0.3) is 0 Å². The zero-order valence-electron chi connectivity index (χ0n) is 10.9. The summed E-state index contributed by atoms with van der Waals surface area (Å²) in [6, 6.07) is 6.03. The molecular formula is C14H20N2S2. The first-order valence-electron chi connectivity index (χ1n) is 6.20. The van der Waals surface area contributed by atoms with Gasteiger partial charge in [-0.1, -0.05) is 32.1 Å². The van der Waals surface area contributed by atoms with Gasteiger partial charge in [-0.2, -0.15) is 0 Å². The van der Waals surface area contributed by atoms with Gasteiger partial charge in [0.05, 0.1) is 10.4 Å². The molecule has 0 saturated heterocycles. The van der Waals surface area contributed by atoms with Crippen LogP contribution in [0.2, 0.25) is 0 Å². The molecule has 0 amide bonds. The highest BCUT2D eigenvalue weighted by Gasteiger charge is 2.03. The Bertz CT molecular complexity index is 363. The maximum absolute atomic E-state index is 4.28. The largest absolute Gasteiger partial charge is 0.376 e. The highest BCUT2D eigenvalue weighted by molar-refractivity contribution is 8.03. The van der Waals surface area contributed by atoms with Crippen molar-refractivity contribution in [2.45, 2.75) is 24.2 Å². The Morgan fingerprint density at radius 1 is 1.22 bits per heavy atom. The SMILES string of the molecule is C1=CNC(SCCSc2ccccn2)C=C1.CC. The number of hydrogen-bond acceptors (Lipinski definition) is 4. The van der Waals surface area contributed by atoms with Crippen molar-refractivity contribution in [3.8, 4) is 0 Å². The summed E-state index contributed by atoms with van der Waals surface area (Å²) in [4.78, 5) is 4.28. The van der Waals surface area contributed by atoms with Gasteiger partial charge >= 0.3 is 0 Å². The van der Waals surface area contributed by atoms with Crippen molar-refractivity contribution in [2.75, 3.05) is 11.5 Å². The van der Waals surface area contributed by atoms with Crippen molar-refractivity contribution in [2.24, 2.45) is 0 Å². The molecule has 0 fully saturated rings. The van der Waals surface area contributed by atoms with E-state index in [1.165, 1.54) is 0 Å². The van der Waals surface area contributed by atoms with Crippen LogP contribution in [-0.2, 0) is 0 Å². The molecule has 1 aliphatic rings. The second-order valence-corrected chi connectivity index (χ2v) is 5.58. The fourth-order valence-corrected chi connectivity index (χ4v) is 3.15. The zero-order chi connectivity index (χ0) is 13.1. The summed E-state index contributed by atoms with van der Waals surface area (Å²) >= 11 is 3.73. The van der Waals surface area contributed by atoms with Crippen LogP contribution in [0.5, 0.6) is 0 Å². The van der Waals surface area contributed by atoms with E-state index >= 15 is 0 Å². The van der Waals surface area contributed by atoms with E-state index in [0.29, 0.717) is 5.37 Å². The summed E-state index contributed by atoms with van der Waals surface area (Å²) < 4.78 is 0. The van der Waals surface area contributed by atoms with Gasteiger partial charge < -0.3 is 5.32 Å². The summed E-state index contributed by atoms with van der Waals surface area (Å²) in [5, 5.41) is 4.82. The monoisotopic (exact) mass is 280 g/mol.